The Kier molecular flexibility index (Phi) is 4.70. The van der Waals surface area contributed by atoms with Crippen molar-refractivity contribution in [1.29, 1.82) is 0 Å². The first kappa shape index (κ1) is 19.5. The molecule has 0 unspecified atom stereocenters. The number of ether oxygens (including phenoxy) is 1. The predicted octanol–water partition coefficient (Wildman–Crippen LogP) is 0.858. The molecule has 2 N–H and O–H groups in total. The third kappa shape index (κ3) is 2.97. The van der Waals surface area contributed by atoms with E-state index in [4.69, 9.17) is 10.6 Å². The molecule has 0 fully saturated rings. The minimum Gasteiger partial charge on any atom is -0.496 e. The maximum Gasteiger partial charge on any atom is 0.351 e. The lowest BCUT2D eigenvalue weighted by Crippen LogP contribution is -2.45. The van der Waals surface area contributed by atoms with Gasteiger partial charge in [0.25, 0.3) is 5.56 Å². The number of aryl methyl sites for hydroxylation is 1. The topological polar surface area (TPSA) is 127 Å². The molecule has 10 nitrogen and oxygen atoms in total. The Morgan fingerprint density at radius 2 is 1.97 bits per heavy atom. The summed E-state index contributed by atoms with van der Waals surface area (Å²) >= 11 is 1.07. The molecule has 0 aliphatic heterocycles. The molecule has 0 saturated heterocycles. The van der Waals surface area contributed by atoms with Crippen molar-refractivity contribution in [2.45, 2.75) is 13.5 Å². The monoisotopic (exact) mass is 430 g/mol. The zero-order chi connectivity index (χ0) is 21.6. The number of fused-ring (bicyclic) bond motifs is 1. The number of carbonyl (C=O) groups is 1. The van der Waals surface area contributed by atoms with E-state index in [1.54, 1.807) is 6.92 Å². The van der Waals surface area contributed by atoms with E-state index in [1.807, 2.05) is 0 Å². The molecular formula is C18H15FN6O4S. The van der Waals surface area contributed by atoms with Crippen LogP contribution in [0.3, 0.4) is 0 Å². The molecule has 12 heteroatoms. The Morgan fingerprint density at radius 3 is 2.63 bits per heavy atom. The van der Waals surface area contributed by atoms with Crippen molar-refractivity contribution >= 4 is 27.3 Å². The van der Waals surface area contributed by atoms with Gasteiger partial charge in [-0.05, 0) is 25.1 Å². The maximum atomic E-state index is 13.7. The van der Waals surface area contributed by atoms with Gasteiger partial charge in [0.05, 0.1) is 37.0 Å². The second-order valence-electron chi connectivity index (χ2n) is 6.34. The number of hydrogen-bond donors (Lipinski definition) is 1. The summed E-state index contributed by atoms with van der Waals surface area (Å²) in [6, 6.07) is 3.51. The fourth-order valence-electron chi connectivity index (χ4n) is 3.13. The fraction of sp³-hybridized carbons (Fsp3) is 0.167. The van der Waals surface area contributed by atoms with Gasteiger partial charge in [-0.3, -0.25) is 14.2 Å². The number of rotatable bonds is 5. The molecule has 0 radical (unpaired) electrons. The van der Waals surface area contributed by atoms with Crippen molar-refractivity contribution in [3.63, 3.8) is 0 Å². The smallest absolute Gasteiger partial charge is 0.351 e. The lowest BCUT2D eigenvalue weighted by atomic mass is 10.1. The standard InChI is InChI=1S/C18H15FN6O4S/c1-9-14-15(27)24(20)18(28)23(17(14)30-16(9)25-21-5-6-22-25)8-12(26)11-7-10(19)3-4-13(11)29-2/h3-7H,8,20H2,1-2H3. The molecule has 0 atom stereocenters. The largest absolute Gasteiger partial charge is 0.496 e. The third-order valence-electron chi connectivity index (χ3n) is 4.58. The number of hydrogen-bond acceptors (Lipinski definition) is 8. The summed E-state index contributed by atoms with van der Waals surface area (Å²) in [7, 11) is 1.35. The Bertz CT molecular complexity index is 1400. The summed E-state index contributed by atoms with van der Waals surface area (Å²) in [6.07, 6.45) is 2.94. The highest BCUT2D eigenvalue weighted by molar-refractivity contribution is 7.21. The molecule has 3 aromatic heterocycles. The van der Waals surface area contributed by atoms with E-state index in [0.717, 1.165) is 28.0 Å². The van der Waals surface area contributed by atoms with Gasteiger partial charge in [-0.15, -0.1) is 4.80 Å². The summed E-state index contributed by atoms with van der Waals surface area (Å²) < 4.78 is 20.3. The molecule has 4 aromatic rings. The van der Waals surface area contributed by atoms with Crippen molar-refractivity contribution in [2.75, 3.05) is 13.0 Å². The first-order chi connectivity index (χ1) is 14.3. The zero-order valence-corrected chi connectivity index (χ0v) is 16.6. The van der Waals surface area contributed by atoms with Crippen LogP contribution in [0.1, 0.15) is 15.9 Å². The highest BCUT2D eigenvalue weighted by Crippen LogP contribution is 2.30. The van der Waals surface area contributed by atoms with E-state index >= 15 is 0 Å². The van der Waals surface area contributed by atoms with Crippen LogP contribution in [0.2, 0.25) is 0 Å². The molecule has 0 aliphatic rings. The highest BCUT2D eigenvalue weighted by Gasteiger charge is 2.23. The first-order valence-corrected chi connectivity index (χ1v) is 9.42. The van der Waals surface area contributed by atoms with Crippen LogP contribution < -0.4 is 21.8 Å². The second kappa shape index (κ2) is 7.22. The number of carbonyl (C=O) groups excluding carboxylic acids is 1. The number of halogens is 1. The normalized spacial score (nSPS) is 11.2. The number of nitrogen functional groups attached to an aromatic ring is 1. The van der Waals surface area contributed by atoms with Crippen molar-refractivity contribution in [3.05, 3.63) is 68.4 Å². The Hall–Kier alpha value is -3.80. The second-order valence-corrected chi connectivity index (χ2v) is 7.32. The zero-order valence-electron chi connectivity index (χ0n) is 15.8. The summed E-state index contributed by atoms with van der Waals surface area (Å²) in [6.45, 7) is 1.20. The van der Waals surface area contributed by atoms with Gasteiger partial charge in [-0.25, -0.2) is 9.18 Å². The highest BCUT2D eigenvalue weighted by atomic mass is 32.1. The van der Waals surface area contributed by atoms with Gasteiger partial charge in [0.1, 0.15) is 21.4 Å². The number of methoxy groups -OCH3 is 1. The van der Waals surface area contributed by atoms with Crippen LogP contribution in [0.15, 0.2) is 40.2 Å². The number of benzene rings is 1. The lowest BCUT2D eigenvalue weighted by Gasteiger charge is -2.11. The maximum absolute atomic E-state index is 13.7. The van der Waals surface area contributed by atoms with Crippen molar-refractivity contribution in [1.82, 2.24) is 24.2 Å². The summed E-state index contributed by atoms with van der Waals surface area (Å²) in [5, 5.41) is 8.78. The number of nitrogens with zero attached hydrogens (tertiary/aromatic N) is 5. The SMILES string of the molecule is COc1ccc(F)cc1C(=O)Cn1c(=O)n(N)c(=O)c2c(C)c(-n3nccn3)sc21. The van der Waals surface area contributed by atoms with Crippen LogP contribution in [0.5, 0.6) is 5.75 Å². The number of ketones is 1. The van der Waals surface area contributed by atoms with Gasteiger partial charge in [0, 0.05) is 5.56 Å². The third-order valence-corrected chi connectivity index (χ3v) is 5.86. The van der Waals surface area contributed by atoms with Crippen molar-refractivity contribution in [2.24, 2.45) is 0 Å². The Labute approximate surface area is 171 Å². The molecule has 0 aliphatic carbocycles. The van der Waals surface area contributed by atoms with E-state index < -0.39 is 29.4 Å². The average Bonchev–Trinajstić information content (AvgIpc) is 3.37. The van der Waals surface area contributed by atoms with Gasteiger partial charge in [-0.2, -0.15) is 14.9 Å². The van der Waals surface area contributed by atoms with Crippen LogP contribution in [0.4, 0.5) is 4.39 Å². The molecule has 0 bridgehead atoms. The molecule has 154 valence electrons. The molecule has 30 heavy (non-hydrogen) atoms. The van der Waals surface area contributed by atoms with Crippen LogP contribution in [0.25, 0.3) is 15.2 Å². The Balaban J connectivity index is 1.92. The number of aromatic nitrogens is 5. The molecule has 4 rings (SSSR count). The first-order valence-electron chi connectivity index (χ1n) is 8.61. The van der Waals surface area contributed by atoms with Crippen LogP contribution in [-0.2, 0) is 6.54 Å². The van der Waals surface area contributed by atoms with Gasteiger partial charge in [0.2, 0.25) is 0 Å². The average molecular weight is 430 g/mol. The van der Waals surface area contributed by atoms with Gasteiger partial charge in [0.15, 0.2) is 5.78 Å². The summed E-state index contributed by atoms with van der Waals surface area (Å²) in [5.41, 5.74) is -1.10. The van der Waals surface area contributed by atoms with E-state index in [1.165, 1.54) is 30.4 Å². The number of nitrogens with two attached hydrogens (primary N) is 1. The van der Waals surface area contributed by atoms with Gasteiger partial charge in [-0.1, -0.05) is 11.3 Å². The lowest BCUT2D eigenvalue weighted by molar-refractivity contribution is 0.0968. The van der Waals surface area contributed by atoms with Crippen molar-refractivity contribution < 1.29 is 13.9 Å². The molecule has 0 spiro atoms. The Morgan fingerprint density at radius 1 is 1.27 bits per heavy atom. The van der Waals surface area contributed by atoms with Crippen LogP contribution in [0, 0.1) is 12.7 Å². The molecule has 0 saturated carbocycles. The molecule has 0 amide bonds. The molecule has 1 aromatic carbocycles. The molecular weight excluding hydrogens is 415 g/mol. The quantitative estimate of drug-likeness (QED) is 0.367. The van der Waals surface area contributed by atoms with E-state index in [2.05, 4.69) is 10.2 Å². The number of thiophene rings is 1. The fourth-order valence-corrected chi connectivity index (χ4v) is 4.34. The number of Topliss-reactive ketones (excluding diaryl/α,β-unsaturated/α-hetero) is 1. The molecule has 3 heterocycles. The predicted molar refractivity (Wildman–Crippen MR) is 107 cm³/mol. The summed E-state index contributed by atoms with van der Waals surface area (Å²) in [5.74, 6) is 4.63. The van der Waals surface area contributed by atoms with E-state index in [-0.39, 0.29) is 21.5 Å². The van der Waals surface area contributed by atoms with Crippen LogP contribution >= 0.6 is 11.3 Å². The van der Waals surface area contributed by atoms with Gasteiger partial charge < -0.3 is 10.6 Å². The summed E-state index contributed by atoms with van der Waals surface area (Å²) in [4.78, 5) is 39.8. The van der Waals surface area contributed by atoms with Gasteiger partial charge >= 0.3 is 5.69 Å². The minimum atomic E-state index is -0.877. The van der Waals surface area contributed by atoms with Crippen molar-refractivity contribution in [3.8, 4) is 10.8 Å². The van der Waals surface area contributed by atoms with Crippen LogP contribution in [-0.4, -0.2) is 37.1 Å². The van der Waals surface area contributed by atoms with E-state index in [0.29, 0.717) is 15.2 Å². The minimum absolute atomic E-state index is 0.0328. The van der Waals surface area contributed by atoms with E-state index in [9.17, 15) is 18.8 Å².